The number of nitrogens with zero attached hydrogens (tertiary/aromatic N) is 4. The van der Waals surface area contributed by atoms with E-state index >= 15 is 0 Å². The first kappa shape index (κ1) is 18.1. The lowest BCUT2D eigenvalue weighted by Gasteiger charge is -2.21. The number of hydrogen-bond donors (Lipinski definition) is 0. The molecule has 0 unspecified atom stereocenters. The highest BCUT2D eigenvalue weighted by Crippen LogP contribution is 2.28. The maximum Gasteiger partial charge on any atom is 0.287 e. The maximum atomic E-state index is 12.4. The molecule has 8 heteroatoms. The molecule has 2 heterocycles. The summed E-state index contributed by atoms with van der Waals surface area (Å²) in [5.74, 6) is 0.705. The van der Waals surface area contributed by atoms with Gasteiger partial charge in [-0.05, 0) is 37.9 Å². The Morgan fingerprint density at radius 3 is 2.56 bits per heavy atom. The van der Waals surface area contributed by atoms with Crippen LogP contribution in [-0.4, -0.2) is 19.1 Å². The number of benzene rings is 1. The third-order valence-electron chi connectivity index (χ3n) is 3.48. The third-order valence-corrected chi connectivity index (χ3v) is 5.77. The lowest BCUT2D eigenvalue weighted by molar-refractivity contribution is 0.336. The fourth-order valence-corrected chi connectivity index (χ4v) is 3.87. The van der Waals surface area contributed by atoms with Gasteiger partial charge in [-0.2, -0.15) is 9.47 Å². The Morgan fingerprint density at radius 2 is 1.96 bits per heavy atom. The smallest absolute Gasteiger partial charge is 0.266 e. The number of halogens is 1. The van der Waals surface area contributed by atoms with Gasteiger partial charge >= 0.3 is 0 Å². The molecule has 1 aromatic carbocycles. The van der Waals surface area contributed by atoms with Crippen LogP contribution >= 0.6 is 34.9 Å². The minimum absolute atomic E-state index is 0.223. The fourth-order valence-electron chi connectivity index (χ4n) is 2.20. The van der Waals surface area contributed by atoms with Crippen molar-refractivity contribution in [3.8, 4) is 10.6 Å². The van der Waals surface area contributed by atoms with Gasteiger partial charge in [-0.1, -0.05) is 35.9 Å². The summed E-state index contributed by atoms with van der Waals surface area (Å²) in [6, 6.07) is 8.13. The Bertz CT molecular complexity index is 915. The predicted molar refractivity (Wildman–Crippen MR) is 103 cm³/mol. The van der Waals surface area contributed by atoms with E-state index in [-0.39, 0.29) is 10.6 Å². The van der Waals surface area contributed by atoms with Crippen LogP contribution in [0.2, 0.25) is 5.02 Å². The molecule has 0 amide bonds. The van der Waals surface area contributed by atoms with Gasteiger partial charge in [0, 0.05) is 11.3 Å². The molecule has 0 N–H and O–H groups in total. The number of thioether (sulfide) groups is 1. The molecule has 0 bridgehead atoms. The second-order valence-electron chi connectivity index (χ2n) is 6.44. The fraction of sp³-hybridized carbons (Fsp3) is 0.294. The highest BCUT2D eigenvalue weighted by atomic mass is 35.5. The summed E-state index contributed by atoms with van der Waals surface area (Å²) in [6.07, 6.45) is 3.22. The molecule has 3 rings (SSSR count). The first-order chi connectivity index (χ1) is 11.9. The van der Waals surface area contributed by atoms with Gasteiger partial charge in [0.2, 0.25) is 0 Å². The molecule has 0 spiro atoms. The van der Waals surface area contributed by atoms with E-state index in [2.05, 4.69) is 14.5 Å². The van der Waals surface area contributed by atoms with E-state index in [4.69, 9.17) is 11.6 Å². The van der Waals surface area contributed by atoms with Crippen molar-refractivity contribution in [3.63, 3.8) is 0 Å². The van der Waals surface area contributed by atoms with Gasteiger partial charge in [0.1, 0.15) is 16.4 Å². The van der Waals surface area contributed by atoms with Crippen LogP contribution < -0.4 is 5.56 Å². The summed E-state index contributed by atoms with van der Waals surface area (Å²) < 4.78 is 5.43. The van der Waals surface area contributed by atoms with Crippen molar-refractivity contribution in [2.45, 2.75) is 37.0 Å². The molecule has 0 aliphatic heterocycles. The SMILES string of the molecule is CC(C)(C)n1ncc(SCc2ccc(-c3ncns3)cc2)c(Cl)c1=O. The molecular weight excluding hydrogens is 376 g/mol. The third kappa shape index (κ3) is 4.11. The Kier molecular flexibility index (Phi) is 5.27. The topological polar surface area (TPSA) is 60.7 Å². The minimum atomic E-state index is -0.398. The van der Waals surface area contributed by atoms with Crippen molar-refractivity contribution < 1.29 is 0 Å². The first-order valence-electron chi connectivity index (χ1n) is 7.63. The lowest BCUT2D eigenvalue weighted by atomic mass is 10.1. The van der Waals surface area contributed by atoms with Crippen molar-refractivity contribution in [1.82, 2.24) is 19.1 Å². The average molecular weight is 393 g/mol. The largest absolute Gasteiger partial charge is 0.287 e. The molecule has 5 nitrogen and oxygen atoms in total. The second kappa shape index (κ2) is 7.27. The molecular formula is C17H17ClN4OS2. The zero-order valence-electron chi connectivity index (χ0n) is 14.1. The molecule has 0 saturated carbocycles. The first-order valence-corrected chi connectivity index (χ1v) is 9.77. The van der Waals surface area contributed by atoms with Crippen molar-refractivity contribution in [1.29, 1.82) is 0 Å². The van der Waals surface area contributed by atoms with Gasteiger partial charge in [-0.15, -0.1) is 11.8 Å². The van der Waals surface area contributed by atoms with Gasteiger partial charge in [-0.25, -0.2) is 9.67 Å². The minimum Gasteiger partial charge on any atom is -0.266 e. The van der Waals surface area contributed by atoms with Gasteiger partial charge < -0.3 is 0 Å². The highest BCUT2D eigenvalue weighted by molar-refractivity contribution is 7.98. The van der Waals surface area contributed by atoms with Crippen molar-refractivity contribution in [2.24, 2.45) is 0 Å². The molecule has 3 aromatic rings. The summed E-state index contributed by atoms with van der Waals surface area (Å²) in [5.41, 5.74) is 1.52. The zero-order valence-corrected chi connectivity index (χ0v) is 16.5. The Hall–Kier alpha value is -1.70. The van der Waals surface area contributed by atoms with Gasteiger partial charge in [0.25, 0.3) is 5.56 Å². The summed E-state index contributed by atoms with van der Waals surface area (Å²) >= 11 is 9.13. The highest BCUT2D eigenvalue weighted by Gasteiger charge is 2.19. The maximum absolute atomic E-state index is 12.4. The Labute approximate surface area is 159 Å². The van der Waals surface area contributed by atoms with E-state index in [9.17, 15) is 4.79 Å². The average Bonchev–Trinajstić information content (AvgIpc) is 3.10. The van der Waals surface area contributed by atoms with Crippen LogP contribution in [0.1, 0.15) is 26.3 Å². The molecule has 0 saturated heterocycles. The normalized spacial score (nSPS) is 11.7. The van der Waals surface area contributed by atoms with Gasteiger partial charge in [-0.3, -0.25) is 4.79 Å². The summed E-state index contributed by atoms with van der Waals surface area (Å²) in [4.78, 5) is 17.3. The molecule has 0 radical (unpaired) electrons. The summed E-state index contributed by atoms with van der Waals surface area (Å²) in [5, 5.41) is 5.38. The monoisotopic (exact) mass is 392 g/mol. The molecule has 0 aliphatic rings. The van der Waals surface area contributed by atoms with Crippen LogP contribution in [0, 0.1) is 0 Å². The molecule has 130 valence electrons. The molecule has 0 aliphatic carbocycles. The number of hydrogen-bond acceptors (Lipinski definition) is 6. The van der Waals surface area contributed by atoms with Gasteiger partial charge in [0.05, 0.1) is 16.6 Å². The lowest BCUT2D eigenvalue weighted by Crippen LogP contribution is -2.36. The van der Waals surface area contributed by atoms with E-state index < -0.39 is 5.54 Å². The van der Waals surface area contributed by atoms with Crippen LogP contribution in [0.4, 0.5) is 0 Å². The van der Waals surface area contributed by atoms with E-state index in [0.717, 1.165) is 16.1 Å². The second-order valence-corrected chi connectivity index (χ2v) is 8.62. The van der Waals surface area contributed by atoms with Gasteiger partial charge in [0.15, 0.2) is 0 Å². The van der Waals surface area contributed by atoms with E-state index in [1.54, 1.807) is 12.5 Å². The van der Waals surface area contributed by atoms with Crippen molar-refractivity contribution in [2.75, 3.05) is 0 Å². The zero-order chi connectivity index (χ0) is 18.0. The number of aromatic nitrogens is 4. The van der Waals surface area contributed by atoms with Crippen LogP contribution in [0.25, 0.3) is 10.6 Å². The Morgan fingerprint density at radius 1 is 1.24 bits per heavy atom. The molecule has 2 aromatic heterocycles. The summed E-state index contributed by atoms with van der Waals surface area (Å²) in [7, 11) is 0. The summed E-state index contributed by atoms with van der Waals surface area (Å²) in [6.45, 7) is 5.76. The molecule has 0 atom stereocenters. The standard InChI is InChI=1S/C17H17ClN4OS2/c1-17(2,3)22-16(23)14(18)13(8-20-22)24-9-11-4-6-12(7-5-11)15-19-10-21-25-15/h4-8,10H,9H2,1-3H3. The van der Waals surface area contributed by atoms with E-state index in [1.807, 2.05) is 45.0 Å². The molecule has 25 heavy (non-hydrogen) atoms. The Balaban J connectivity index is 1.74. The van der Waals surface area contributed by atoms with Crippen LogP contribution in [-0.2, 0) is 11.3 Å². The predicted octanol–water partition coefficient (Wildman–Crippen LogP) is 4.46. The quantitative estimate of drug-likeness (QED) is 0.613. The van der Waals surface area contributed by atoms with Crippen LogP contribution in [0.15, 0.2) is 46.5 Å². The molecule has 0 fully saturated rings. The van der Waals surface area contributed by atoms with E-state index in [1.165, 1.54) is 28.0 Å². The van der Waals surface area contributed by atoms with Crippen molar-refractivity contribution >= 4 is 34.9 Å². The van der Waals surface area contributed by atoms with Crippen LogP contribution in [0.5, 0.6) is 0 Å². The van der Waals surface area contributed by atoms with Crippen LogP contribution in [0.3, 0.4) is 0 Å². The van der Waals surface area contributed by atoms with Crippen molar-refractivity contribution in [3.05, 3.63) is 57.7 Å². The van der Waals surface area contributed by atoms with E-state index in [0.29, 0.717) is 10.6 Å². The number of rotatable bonds is 4.